The molecule has 1 saturated carbocycles. The molecule has 0 saturated heterocycles. The quantitative estimate of drug-likeness (QED) is 0.876. The van der Waals surface area contributed by atoms with Crippen LogP contribution in [-0.4, -0.2) is 12.6 Å². The third-order valence-corrected chi connectivity index (χ3v) is 4.72. The van der Waals surface area contributed by atoms with Crippen LogP contribution in [0.2, 0.25) is 0 Å². The lowest BCUT2D eigenvalue weighted by molar-refractivity contribution is 0.254. The molecule has 1 heterocycles. The zero-order valence-electron chi connectivity index (χ0n) is 12.1. The Bertz CT molecular complexity index is 441. The Morgan fingerprint density at radius 3 is 2.89 bits per heavy atom. The van der Waals surface area contributed by atoms with E-state index in [0.29, 0.717) is 6.04 Å². The minimum absolute atomic E-state index is 0.647. The van der Waals surface area contributed by atoms with E-state index in [9.17, 15) is 0 Å². The Balaban J connectivity index is 1.72. The Morgan fingerprint density at radius 2 is 2.05 bits per heavy atom. The third-order valence-electron chi connectivity index (χ3n) is 4.72. The predicted octanol–water partition coefficient (Wildman–Crippen LogP) is 4.25. The van der Waals surface area contributed by atoms with Gasteiger partial charge < -0.3 is 10.1 Å². The smallest absolute Gasteiger partial charge is 0.122 e. The molecule has 1 aromatic carbocycles. The van der Waals surface area contributed by atoms with Crippen molar-refractivity contribution < 1.29 is 4.74 Å². The van der Waals surface area contributed by atoms with Gasteiger partial charge in [0.1, 0.15) is 5.75 Å². The van der Waals surface area contributed by atoms with Crippen molar-refractivity contribution in [3.8, 4) is 5.75 Å². The Kier molecular flexibility index (Phi) is 3.67. The molecule has 1 aliphatic carbocycles. The zero-order chi connectivity index (χ0) is 13.2. The summed E-state index contributed by atoms with van der Waals surface area (Å²) in [5.41, 5.74) is 2.64. The standard InChI is InChI=1S/C17H25NO/c1-12(2)15-5-3-4-6-16(15)18-14-7-8-17-13(11-14)9-10-19-17/h7-8,11-12,15-16,18H,3-6,9-10H2,1-2H3. The fourth-order valence-corrected chi connectivity index (χ4v) is 3.63. The summed E-state index contributed by atoms with van der Waals surface area (Å²) in [7, 11) is 0. The van der Waals surface area contributed by atoms with Crippen molar-refractivity contribution in [1.29, 1.82) is 0 Å². The van der Waals surface area contributed by atoms with Gasteiger partial charge in [-0.2, -0.15) is 0 Å². The van der Waals surface area contributed by atoms with E-state index in [2.05, 4.69) is 37.4 Å². The molecule has 2 heteroatoms. The van der Waals surface area contributed by atoms with Gasteiger partial charge in [-0.15, -0.1) is 0 Å². The number of hydrogen-bond acceptors (Lipinski definition) is 2. The highest BCUT2D eigenvalue weighted by Gasteiger charge is 2.27. The van der Waals surface area contributed by atoms with Gasteiger partial charge in [-0.25, -0.2) is 0 Å². The van der Waals surface area contributed by atoms with Gasteiger partial charge in [-0.3, -0.25) is 0 Å². The minimum atomic E-state index is 0.647. The molecule has 0 radical (unpaired) electrons. The summed E-state index contributed by atoms with van der Waals surface area (Å²) >= 11 is 0. The summed E-state index contributed by atoms with van der Waals surface area (Å²) in [6.45, 7) is 5.57. The maximum Gasteiger partial charge on any atom is 0.122 e. The van der Waals surface area contributed by atoms with Gasteiger partial charge in [0.15, 0.2) is 0 Å². The molecule has 1 N–H and O–H groups in total. The van der Waals surface area contributed by atoms with E-state index in [-0.39, 0.29) is 0 Å². The first-order valence-electron chi connectivity index (χ1n) is 7.76. The van der Waals surface area contributed by atoms with E-state index in [1.165, 1.54) is 36.9 Å². The Morgan fingerprint density at radius 1 is 1.21 bits per heavy atom. The summed E-state index contributed by atoms with van der Waals surface area (Å²) in [5.74, 6) is 2.67. The second kappa shape index (κ2) is 5.44. The molecule has 1 aliphatic heterocycles. The molecule has 0 aromatic heterocycles. The summed E-state index contributed by atoms with van der Waals surface area (Å²) in [6.07, 6.45) is 6.52. The largest absolute Gasteiger partial charge is 0.493 e. The molecule has 2 atom stereocenters. The summed E-state index contributed by atoms with van der Waals surface area (Å²) in [6, 6.07) is 7.23. The molecule has 1 aromatic rings. The van der Waals surface area contributed by atoms with Crippen molar-refractivity contribution in [2.24, 2.45) is 11.8 Å². The minimum Gasteiger partial charge on any atom is -0.493 e. The molecule has 2 nitrogen and oxygen atoms in total. The van der Waals surface area contributed by atoms with Crippen molar-refractivity contribution in [1.82, 2.24) is 0 Å². The predicted molar refractivity (Wildman–Crippen MR) is 79.8 cm³/mol. The average Bonchev–Trinajstić information content (AvgIpc) is 2.86. The van der Waals surface area contributed by atoms with Crippen LogP contribution in [0.4, 0.5) is 5.69 Å². The molecule has 0 spiro atoms. The van der Waals surface area contributed by atoms with E-state index < -0.39 is 0 Å². The van der Waals surface area contributed by atoms with Gasteiger partial charge in [0.25, 0.3) is 0 Å². The molecular formula is C17H25NO. The number of nitrogens with one attached hydrogen (secondary N) is 1. The zero-order valence-corrected chi connectivity index (χ0v) is 12.1. The molecule has 0 amide bonds. The first kappa shape index (κ1) is 12.8. The lowest BCUT2D eigenvalue weighted by atomic mass is 9.78. The summed E-state index contributed by atoms with van der Waals surface area (Å²) in [4.78, 5) is 0. The number of ether oxygens (including phenoxy) is 1. The Labute approximate surface area is 116 Å². The average molecular weight is 259 g/mol. The fourth-order valence-electron chi connectivity index (χ4n) is 3.63. The van der Waals surface area contributed by atoms with Crippen LogP contribution in [0.25, 0.3) is 0 Å². The number of rotatable bonds is 3. The van der Waals surface area contributed by atoms with Crippen LogP contribution in [0.15, 0.2) is 18.2 Å². The molecule has 19 heavy (non-hydrogen) atoms. The highest BCUT2D eigenvalue weighted by atomic mass is 16.5. The molecule has 2 unspecified atom stereocenters. The van der Waals surface area contributed by atoms with Crippen molar-refractivity contribution in [3.63, 3.8) is 0 Å². The maximum atomic E-state index is 5.57. The number of hydrogen-bond donors (Lipinski definition) is 1. The Hall–Kier alpha value is -1.18. The number of anilines is 1. The van der Waals surface area contributed by atoms with Gasteiger partial charge >= 0.3 is 0 Å². The number of fused-ring (bicyclic) bond motifs is 1. The van der Waals surface area contributed by atoms with Crippen LogP contribution in [0.5, 0.6) is 5.75 Å². The molecule has 2 aliphatic rings. The lowest BCUT2D eigenvalue weighted by Crippen LogP contribution is -2.35. The summed E-state index contributed by atoms with van der Waals surface area (Å²) < 4.78 is 5.57. The van der Waals surface area contributed by atoms with Gasteiger partial charge in [-0.05, 0) is 48.4 Å². The molecule has 3 rings (SSSR count). The van der Waals surface area contributed by atoms with E-state index in [1.807, 2.05) is 0 Å². The van der Waals surface area contributed by atoms with Crippen LogP contribution in [-0.2, 0) is 6.42 Å². The van der Waals surface area contributed by atoms with Crippen LogP contribution >= 0.6 is 0 Å². The van der Waals surface area contributed by atoms with Crippen LogP contribution in [0.1, 0.15) is 45.1 Å². The maximum absolute atomic E-state index is 5.57. The monoisotopic (exact) mass is 259 g/mol. The van der Waals surface area contributed by atoms with Crippen molar-refractivity contribution >= 4 is 5.69 Å². The fraction of sp³-hybridized carbons (Fsp3) is 0.647. The van der Waals surface area contributed by atoms with Crippen molar-refractivity contribution in [2.75, 3.05) is 11.9 Å². The topological polar surface area (TPSA) is 21.3 Å². The summed E-state index contributed by atoms with van der Waals surface area (Å²) in [5, 5.41) is 3.79. The van der Waals surface area contributed by atoms with E-state index in [1.54, 1.807) is 0 Å². The van der Waals surface area contributed by atoms with Gasteiger partial charge in [0.2, 0.25) is 0 Å². The van der Waals surface area contributed by atoms with Crippen molar-refractivity contribution in [2.45, 2.75) is 52.0 Å². The van der Waals surface area contributed by atoms with Gasteiger partial charge in [0, 0.05) is 18.2 Å². The highest BCUT2D eigenvalue weighted by molar-refractivity contribution is 5.53. The highest BCUT2D eigenvalue weighted by Crippen LogP contribution is 2.34. The van der Waals surface area contributed by atoms with Crippen LogP contribution in [0, 0.1) is 11.8 Å². The second-order valence-electron chi connectivity index (χ2n) is 6.36. The lowest BCUT2D eigenvalue weighted by Gasteiger charge is -2.35. The van der Waals surface area contributed by atoms with Gasteiger partial charge in [0.05, 0.1) is 6.61 Å². The molecular weight excluding hydrogens is 234 g/mol. The third kappa shape index (κ3) is 2.72. The first-order valence-corrected chi connectivity index (χ1v) is 7.76. The van der Waals surface area contributed by atoms with Gasteiger partial charge in [-0.1, -0.05) is 26.7 Å². The van der Waals surface area contributed by atoms with Crippen LogP contribution in [0.3, 0.4) is 0 Å². The van der Waals surface area contributed by atoms with Crippen molar-refractivity contribution in [3.05, 3.63) is 23.8 Å². The van der Waals surface area contributed by atoms with E-state index >= 15 is 0 Å². The molecule has 0 bridgehead atoms. The van der Waals surface area contributed by atoms with Crippen LogP contribution < -0.4 is 10.1 Å². The molecule has 1 fully saturated rings. The normalized spacial score (nSPS) is 26.1. The SMILES string of the molecule is CC(C)C1CCCCC1Nc1ccc2c(c1)CCO2. The first-order chi connectivity index (χ1) is 9.24. The second-order valence-corrected chi connectivity index (χ2v) is 6.36. The number of benzene rings is 1. The van der Waals surface area contributed by atoms with E-state index in [0.717, 1.165) is 30.6 Å². The molecule has 104 valence electrons. The van der Waals surface area contributed by atoms with E-state index in [4.69, 9.17) is 4.74 Å².